The Labute approximate surface area is 333 Å². The number of hydrogen-bond donors (Lipinski definition) is 17. The molecular weight excluding hydrogens is 814 g/mol. The minimum absolute atomic E-state index is 0.795. The lowest BCUT2D eigenvalue weighted by Crippen LogP contribution is -2.70. The third kappa shape index (κ3) is 10.2. The number of carbonyl (C=O) groups excluding carboxylic acids is 1. The van der Waals surface area contributed by atoms with Crippen LogP contribution in [0.3, 0.4) is 0 Å². The Morgan fingerprint density at radius 3 is 1.27 bits per heavy atom. The van der Waals surface area contributed by atoms with Crippen molar-refractivity contribution in [1.82, 2.24) is 5.32 Å². The summed E-state index contributed by atoms with van der Waals surface area (Å²) in [5, 5.41) is 169. The van der Waals surface area contributed by atoms with E-state index in [1.165, 1.54) is 0 Å². The van der Waals surface area contributed by atoms with Gasteiger partial charge in [-0.3, -0.25) is 4.79 Å². The van der Waals surface area contributed by atoms with Crippen LogP contribution >= 0.6 is 0 Å². The SMILES string of the molecule is CC(=O)N[C@H]1[C@H](O[C@H]2[C@@H](O)[C@@H](CO)O[C@H](O[C@@H]3[C@H](O)[C@@H](O)[C@H](O[C@H]4[C@H](O)[C@@H](O)[C@H](O)O[C@@H]4CO)O[C@@H]3CO)[C@@H]2O)O[C@H](CO)[C@H](O[C@H]2O[C@H](CO)[C@H](O)[C@H](O)[C@H]2O)[C@@H]1O. The maximum atomic E-state index is 12.3. The summed E-state index contributed by atoms with van der Waals surface area (Å²) in [7, 11) is 0. The van der Waals surface area contributed by atoms with Crippen LogP contribution in [0.2, 0.25) is 0 Å². The second-order valence-corrected chi connectivity index (χ2v) is 14.7. The molecule has 0 radical (unpaired) electrons. The predicted octanol–water partition coefficient (Wildman–Crippen LogP) is -11.8. The monoisotopic (exact) mass is 869 g/mol. The van der Waals surface area contributed by atoms with E-state index in [0.29, 0.717) is 0 Å². The van der Waals surface area contributed by atoms with Gasteiger partial charge in [-0.2, -0.15) is 0 Å². The zero-order valence-electron chi connectivity index (χ0n) is 31.2. The Bertz CT molecular complexity index is 1320. The number of rotatable bonds is 14. The minimum Gasteiger partial charge on any atom is -0.394 e. The highest BCUT2D eigenvalue weighted by atomic mass is 16.8. The predicted molar refractivity (Wildman–Crippen MR) is 178 cm³/mol. The summed E-state index contributed by atoms with van der Waals surface area (Å²) in [6.45, 7) is -3.54. The van der Waals surface area contributed by atoms with Crippen LogP contribution in [0.15, 0.2) is 0 Å². The van der Waals surface area contributed by atoms with Gasteiger partial charge in [0, 0.05) is 6.92 Å². The fraction of sp³-hybridized carbons (Fsp3) is 0.969. The summed E-state index contributed by atoms with van der Waals surface area (Å²) in [5.41, 5.74) is 0. The average molecular weight is 870 g/mol. The van der Waals surface area contributed by atoms with Crippen molar-refractivity contribution in [3.63, 3.8) is 0 Å². The molecule has 5 saturated heterocycles. The number of ether oxygens (including phenoxy) is 9. The first-order chi connectivity index (χ1) is 27.9. The van der Waals surface area contributed by atoms with E-state index in [2.05, 4.69) is 5.32 Å². The molecule has 0 spiro atoms. The Morgan fingerprint density at radius 1 is 0.407 bits per heavy atom. The van der Waals surface area contributed by atoms with Gasteiger partial charge in [0.05, 0.1) is 33.0 Å². The highest BCUT2D eigenvalue weighted by Gasteiger charge is 2.56. The fourth-order valence-electron chi connectivity index (χ4n) is 7.43. The quantitative estimate of drug-likeness (QED) is 0.0770. The highest BCUT2D eigenvalue weighted by Crippen LogP contribution is 2.35. The molecule has 0 unspecified atom stereocenters. The van der Waals surface area contributed by atoms with Gasteiger partial charge >= 0.3 is 0 Å². The number of aliphatic hydroxyl groups excluding tert-OH is 16. The molecule has 27 nitrogen and oxygen atoms in total. The van der Waals surface area contributed by atoms with Crippen molar-refractivity contribution in [1.29, 1.82) is 0 Å². The number of hydrogen-bond acceptors (Lipinski definition) is 26. The average Bonchev–Trinajstić information content (AvgIpc) is 3.21. The summed E-state index contributed by atoms with van der Waals surface area (Å²) in [6, 6.07) is -1.68. The van der Waals surface area contributed by atoms with Gasteiger partial charge in [-0.15, -0.1) is 0 Å². The van der Waals surface area contributed by atoms with Crippen LogP contribution in [-0.4, -0.2) is 274 Å². The molecule has 0 aliphatic carbocycles. The van der Waals surface area contributed by atoms with Gasteiger partial charge in [0.15, 0.2) is 31.5 Å². The van der Waals surface area contributed by atoms with E-state index in [4.69, 9.17) is 42.6 Å². The molecule has 0 aromatic rings. The summed E-state index contributed by atoms with van der Waals surface area (Å²) in [6.07, 6.45) is -44.0. The molecule has 5 fully saturated rings. The van der Waals surface area contributed by atoms with E-state index in [0.717, 1.165) is 6.92 Å². The van der Waals surface area contributed by atoms with Crippen LogP contribution < -0.4 is 5.32 Å². The lowest BCUT2D eigenvalue weighted by Gasteiger charge is -2.50. The lowest BCUT2D eigenvalue weighted by molar-refractivity contribution is -0.388. The summed E-state index contributed by atoms with van der Waals surface area (Å²) < 4.78 is 50.0. The Hall–Kier alpha value is -1.53. The molecule has 5 heterocycles. The Kier molecular flexibility index (Phi) is 17.1. The first-order valence-corrected chi connectivity index (χ1v) is 18.6. The molecule has 1 amide bonds. The van der Waals surface area contributed by atoms with Crippen molar-refractivity contribution < 1.29 is 129 Å². The molecule has 344 valence electrons. The van der Waals surface area contributed by atoms with Gasteiger partial charge in [0.2, 0.25) is 5.91 Å². The summed E-state index contributed by atoms with van der Waals surface area (Å²) >= 11 is 0. The molecule has 5 aliphatic heterocycles. The van der Waals surface area contributed by atoms with Crippen LogP contribution in [0.1, 0.15) is 6.92 Å². The van der Waals surface area contributed by atoms with Crippen LogP contribution in [0, 0.1) is 0 Å². The third-order valence-corrected chi connectivity index (χ3v) is 10.7. The van der Waals surface area contributed by atoms with Crippen molar-refractivity contribution in [2.24, 2.45) is 0 Å². The number of amides is 1. The molecule has 25 atom stereocenters. The molecule has 0 bridgehead atoms. The Morgan fingerprint density at radius 2 is 0.780 bits per heavy atom. The third-order valence-electron chi connectivity index (χ3n) is 10.7. The van der Waals surface area contributed by atoms with Gasteiger partial charge < -0.3 is 130 Å². The normalized spacial score (nSPS) is 51.0. The molecule has 59 heavy (non-hydrogen) atoms. The zero-order valence-corrected chi connectivity index (χ0v) is 31.2. The molecule has 0 saturated carbocycles. The number of aliphatic hydroxyl groups is 16. The van der Waals surface area contributed by atoms with E-state index in [1.807, 2.05) is 0 Å². The first-order valence-electron chi connectivity index (χ1n) is 18.6. The Balaban J connectivity index is 1.32. The molecule has 5 aliphatic rings. The maximum Gasteiger partial charge on any atom is 0.217 e. The molecule has 17 N–H and O–H groups in total. The molecule has 27 heteroatoms. The summed E-state index contributed by atoms with van der Waals surface area (Å²) in [4.78, 5) is 12.3. The van der Waals surface area contributed by atoms with Crippen molar-refractivity contribution >= 4 is 5.91 Å². The van der Waals surface area contributed by atoms with Crippen molar-refractivity contribution in [3.05, 3.63) is 0 Å². The second-order valence-electron chi connectivity index (χ2n) is 14.7. The molecule has 0 aromatic heterocycles. The van der Waals surface area contributed by atoms with Crippen molar-refractivity contribution in [2.45, 2.75) is 160 Å². The van der Waals surface area contributed by atoms with Crippen molar-refractivity contribution in [2.75, 3.05) is 33.0 Å². The fourth-order valence-corrected chi connectivity index (χ4v) is 7.43. The van der Waals surface area contributed by atoms with Gasteiger partial charge in [-0.05, 0) is 0 Å². The highest BCUT2D eigenvalue weighted by molar-refractivity contribution is 5.73. The molecule has 5 rings (SSSR count). The van der Waals surface area contributed by atoms with Crippen LogP contribution in [0.5, 0.6) is 0 Å². The smallest absolute Gasteiger partial charge is 0.217 e. The van der Waals surface area contributed by atoms with Crippen molar-refractivity contribution in [3.8, 4) is 0 Å². The second kappa shape index (κ2) is 20.8. The number of carbonyl (C=O) groups is 1. The lowest BCUT2D eigenvalue weighted by atomic mass is 9.94. The maximum absolute atomic E-state index is 12.3. The van der Waals surface area contributed by atoms with Gasteiger partial charge in [-0.1, -0.05) is 0 Å². The van der Waals surface area contributed by atoms with Gasteiger partial charge in [0.25, 0.3) is 0 Å². The van der Waals surface area contributed by atoms with E-state index in [-0.39, 0.29) is 0 Å². The number of nitrogens with one attached hydrogen (secondary N) is 1. The summed E-state index contributed by atoms with van der Waals surface area (Å²) in [5.74, 6) is -0.795. The van der Waals surface area contributed by atoms with Crippen LogP contribution in [0.4, 0.5) is 0 Å². The largest absolute Gasteiger partial charge is 0.394 e. The topological polar surface area (TPSA) is 436 Å². The minimum atomic E-state index is -2.13. The molecular formula is C32H55NO26. The molecule has 0 aromatic carbocycles. The van der Waals surface area contributed by atoms with E-state index < -0.39 is 192 Å². The van der Waals surface area contributed by atoms with Gasteiger partial charge in [-0.25, -0.2) is 0 Å². The van der Waals surface area contributed by atoms with E-state index in [1.54, 1.807) is 0 Å². The van der Waals surface area contributed by atoms with Gasteiger partial charge in [0.1, 0.15) is 122 Å². The standard InChI is InChI=1S/C32H55NO26/c1-7(39)33-13-16(42)24(56-30-21(47)17(43)14(40)8(2-34)52-30)11(5-37)54-29(13)59-27-15(41)9(3-35)53-32(23(27)49)58-26-12(6-38)55-31(22(48)19(26)45)57-25-10(4-36)51-28(50)20(46)18(25)44/h8-32,34-38,40-50H,2-6H2,1H3,(H,33,39)/t8-,9-,10-,11-,12-,13-,14+,15+,16-,17+,18-,19-,20-,21-,22-,23-,24+,25-,26+,27+,28-,29+,30-,31+,32-/m1/s1. The van der Waals surface area contributed by atoms with E-state index >= 15 is 0 Å². The van der Waals surface area contributed by atoms with E-state index in [9.17, 15) is 86.5 Å². The zero-order chi connectivity index (χ0) is 43.6. The first kappa shape index (κ1) is 48.5. The van der Waals surface area contributed by atoms with Crippen LogP contribution in [-0.2, 0) is 47.4 Å². The van der Waals surface area contributed by atoms with Crippen LogP contribution in [0.25, 0.3) is 0 Å².